The second-order valence-electron chi connectivity index (χ2n) is 4.00. The number of hydrogen-bond acceptors (Lipinski definition) is 2. The molecule has 72 valence electrons. The Morgan fingerprint density at radius 2 is 1.62 bits per heavy atom. The van der Waals surface area contributed by atoms with Crippen LogP contribution in [-0.4, -0.2) is 0 Å². The van der Waals surface area contributed by atoms with Crippen LogP contribution in [0.1, 0.15) is 25.0 Å². The predicted octanol–water partition coefficient (Wildman–Crippen LogP) is 2.36. The maximum atomic E-state index is 5.82. The molecule has 1 aromatic rings. The molecule has 2 nitrogen and oxygen atoms in total. The van der Waals surface area contributed by atoms with Gasteiger partial charge in [0.25, 0.3) is 0 Å². The molecular formula is C11H18N2. The quantitative estimate of drug-likeness (QED) is 0.683. The largest absolute Gasteiger partial charge is 0.398 e. The molecule has 2 heteroatoms. The third-order valence-corrected chi connectivity index (χ3v) is 2.19. The topological polar surface area (TPSA) is 52.0 Å². The molecule has 0 amide bonds. The van der Waals surface area contributed by atoms with Crippen molar-refractivity contribution in [3.05, 3.63) is 23.3 Å². The molecule has 0 aliphatic heterocycles. The summed E-state index contributed by atoms with van der Waals surface area (Å²) in [7, 11) is 0. The van der Waals surface area contributed by atoms with Gasteiger partial charge in [0.05, 0.1) is 0 Å². The second-order valence-corrected chi connectivity index (χ2v) is 4.00. The summed E-state index contributed by atoms with van der Waals surface area (Å²) in [6.07, 6.45) is 1.04. The van der Waals surface area contributed by atoms with Gasteiger partial charge in [-0.1, -0.05) is 13.8 Å². The first-order valence-corrected chi connectivity index (χ1v) is 4.65. The van der Waals surface area contributed by atoms with E-state index in [-0.39, 0.29) is 0 Å². The van der Waals surface area contributed by atoms with Crippen molar-refractivity contribution in [2.24, 2.45) is 5.92 Å². The summed E-state index contributed by atoms with van der Waals surface area (Å²) in [5.74, 6) is 0.640. The molecule has 0 atom stereocenters. The average molecular weight is 178 g/mol. The zero-order valence-electron chi connectivity index (χ0n) is 8.59. The first kappa shape index (κ1) is 9.90. The van der Waals surface area contributed by atoms with Crippen LogP contribution in [0, 0.1) is 12.8 Å². The van der Waals surface area contributed by atoms with Crippen molar-refractivity contribution in [1.82, 2.24) is 0 Å². The van der Waals surface area contributed by atoms with Gasteiger partial charge >= 0.3 is 0 Å². The Morgan fingerprint density at radius 3 is 2.00 bits per heavy atom. The summed E-state index contributed by atoms with van der Waals surface area (Å²) in [6, 6.07) is 4.04. The van der Waals surface area contributed by atoms with Gasteiger partial charge in [0.15, 0.2) is 0 Å². The minimum Gasteiger partial charge on any atom is -0.398 e. The molecule has 0 fully saturated rings. The fraction of sp³-hybridized carbons (Fsp3) is 0.455. The highest BCUT2D eigenvalue weighted by Crippen LogP contribution is 2.22. The van der Waals surface area contributed by atoms with E-state index in [1.807, 2.05) is 19.1 Å². The molecule has 1 rings (SSSR count). The number of hydrogen-bond donors (Lipinski definition) is 2. The van der Waals surface area contributed by atoms with Crippen molar-refractivity contribution in [3.63, 3.8) is 0 Å². The van der Waals surface area contributed by atoms with Crippen molar-refractivity contribution in [3.8, 4) is 0 Å². The van der Waals surface area contributed by atoms with Crippen LogP contribution in [-0.2, 0) is 6.42 Å². The summed E-state index contributed by atoms with van der Waals surface area (Å²) in [4.78, 5) is 0. The van der Waals surface area contributed by atoms with Gasteiger partial charge in [-0.15, -0.1) is 0 Å². The molecule has 13 heavy (non-hydrogen) atoms. The van der Waals surface area contributed by atoms with E-state index in [1.54, 1.807) is 0 Å². The van der Waals surface area contributed by atoms with Crippen molar-refractivity contribution in [2.45, 2.75) is 27.2 Å². The number of rotatable bonds is 2. The van der Waals surface area contributed by atoms with Gasteiger partial charge in [-0.05, 0) is 42.5 Å². The van der Waals surface area contributed by atoms with Crippen molar-refractivity contribution < 1.29 is 0 Å². The van der Waals surface area contributed by atoms with Crippen LogP contribution in [0.4, 0.5) is 11.4 Å². The van der Waals surface area contributed by atoms with E-state index >= 15 is 0 Å². The van der Waals surface area contributed by atoms with Gasteiger partial charge in [-0.25, -0.2) is 0 Å². The second kappa shape index (κ2) is 3.69. The first-order valence-electron chi connectivity index (χ1n) is 4.65. The SMILES string of the molecule is Cc1c(N)cc(CC(C)C)cc1N. The van der Waals surface area contributed by atoms with E-state index in [2.05, 4.69) is 13.8 Å². The average Bonchev–Trinajstić information content (AvgIpc) is 1.98. The van der Waals surface area contributed by atoms with Crippen molar-refractivity contribution in [1.29, 1.82) is 0 Å². The zero-order valence-corrected chi connectivity index (χ0v) is 8.59. The molecule has 0 aliphatic carbocycles. The summed E-state index contributed by atoms with van der Waals surface area (Å²) < 4.78 is 0. The molecule has 0 spiro atoms. The monoisotopic (exact) mass is 178 g/mol. The Bertz CT molecular complexity index is 280. The summed E-state index contributed by atoms with van der Waals surface area (Å²) >= 11 is 0. The van der Waals surface area contributed by atoms with Crippen LogP contribution in [0.5, 0.6) is 0 Å². The molecular weight excluding hydrogens is 160 g/mol. The molecule has 0 bridgehead atoms. The van der Waals surface area contributed by atoms with Crippen LogP contribution in [0.3, 0.4) is 0 Å². The van der Waals surface area contributed by atoms with Crippen LogP contribution in [0.2, 0.25) is 0 Å². The predicted molar refractivity (Wildman–Crippen MR) is 58.5 cm³/mol. The van der Waals surface area contributed by atoms with E-state index in [0.29, 0.717) is 5.92 Å². The highest BCUT2D eigenvalue weighted by molar-refractivity contribution is 5.62. The van der Waals surface area contributed by atoms with E-state index in [4.69, 9.17) is 11.5 Å². The molecule has 4 N–H and O–H groups in total. The number of nitrogen functional groups attached to an aromatic ring is 2. The fourth-order valence-electron chi connectivity index (χ4n) is 1.41. The molecule has 0 radical (unpaired) electrons. The maximum absolute atomic E-state index is 5.82. The van der Waals surface area contributed by atoms with Crippen LogP contribution >= 0.6 is 0 Å². The highest BCUT2D eigenvalue weighted by atomic mass is 14.6. The third-order valence-electron chi connectivity index (χ3n) is 2.19. The van der Waals surface area contributed by atoms with Gasteiger partial charge in [0.1, 0.15) is 0 Å². The normalized spacial score (nSPS) is 10.8. The van der Waals surface area contributed by atoms with Gasteiger partial charge in [-0.2, -0.15) is 0 Å². The molecule has 0 aliphatic rings. The number of nitrogens with two attached hydrogens (primary N) is 2. The highest BCUT2D eigenvalue weighted by Gasteiger charge is 2.03. The first-order chi connectivity index (χ1) is 6.00. The van der Waals surface area contributed by atoms with Crippen molar-refractivity contribution >= 4 is 11.4 Å². The summed E-state index contributed by atoms with van der Waals surface area (Å²) in [5, 5.41) is 0. The van der Waals surface area contributed by atoms with Gasteiger partial charge in [-0.3, -0.25) is 0 Å². The minimum absolute atomic E-state index is 0.640. The third kappa shape index (κ3) is 2.38. The summed E-state index contributed by atoms with van der Waals surface area (Å²) in [6.45, 7) is 6.32. The number of anilines is 2. The van der Waals surface area contributed by atoms with E-state index < -0.39 is 0 Å². The standard InChI is InChI=1S/C11H18N2/c1-7(2)4-9-5-10(12)8(3)11(13)6-9/h5-7H,4,12-13H2,1-3H3. The van der Waals surface area contributed by atoms with E-state index in [0.717, 1.165) is 23.4 Å². The van der Waals surface area contributed by atoms with Crippen LogP contribution in [0.25, 0.3) is 0 Å². The fourth-order valence-corrected chi connectivity index (χ4v) is 1.41. The Kier molecular flexibility index (Phi) is 2.81. The lowest BCUT2D eigenvalue weighted by molar-refractivity contribution is 0.647. The van der Waals surface area contributed by atoms with E-state index in [9.17, 15) is 0 Å². The lowest BCUT2D eigenvalue weighted by Gasteiger charge is -2.10. The van der Waals surface area contributed by atoms with Gasteiger partial charge < -0.3 is 11.5 Å². The summed E-state index contributed by atoms with van der Waals surface area (Å²) in [5.41, 5.74) is 15.5. The molecule has 0 saturated heterocycles. The molecule has 0 saturated carbocycles. The minimum atomic E-state index is 0.640. The van der Waals surface area contributed by atoms with Crippen molar-refractivity contribution in [2.75, 3.05) is 11.5 Å². The number of benzene rings is 1. The zero-order chi connectivity index (χ0) is 10.0. The lowest BCUT2D eigenvalue weighted by Crippen LogP contribution is -2.01. The van der Waals surface area contributed by atoms with Crippen LogP contribution < -0.4 is 11.5 Å². The molecule has 0 unspecified atom stereocenters. The Morgan fingerprint density at radius 1 is 1.15 bits per heavy atom. The Hall–Kier alpha value is -1.18. The smallest absolute Gasteiger partial charge is 0.0367 e. The molecule has 0 heterocycles. The van der Waals surface area contributed by atoms with Gasteiger partial charge in [0.2, 0.25) is 0 Å². The van der Waals surface area contributed by atoms with E-state index in [1.165, 1.54) is 5.56 Å². The van der Waals surface area contributed by atoms with Crippen LogP contribution in [0.15, 0.2) is 12.1 Å². The van der Waals surface area contributed by atoms with Gasteiger partial charge in [0, 0.05) is 11.4 Å². The maximum Gasteiger partial charge on any atom is 0.0367 e. The molecule has 0 aromatic heterocycles. The Balaban J connectivity index is 2.99. The lowest BCUT2D eigenvalue weighted by atomic mass is 10.00. The molecule has 1 aromatic carbocycles. The Labute approximate surface area is 79.9 Å².